The molecule has 0 aliphatic carbocycles. The number of hydrogen-bond donors (Lipinski definition) is 1. The van der Waals surface area contributed by atoms with E-state index in [1.165, 1.54) is 0 Å². The fourth-order valence-electron chi connectivity index (χ4n) is 2.08. The monoisotopic (exact) mass is 289 g/mol. The average Bonchev–Trinajstić information content (AvgIpc) is 3.04. The molecular weight excluding hydrogens is 274 g/mol. The van der Waals surface area contributed by atoms with Gasteiger partial charge in [-0.1, -0.05) is 0 Å². The predicted molar refractivity (Wildman–Crippen MR) is 76.8 cm³/mol. The molecule has 0 spiro atoms. The maximum absolute atomic E-state index is 12.0. The molecule has 104 valence electrons. The van der Waals surface area contributed by atoms with Gasteiger partial charge in [-0.3, -0.25) is 9.20 Å². The molecule has 6 heteroatoms. The van der Waals surface area contributed by atoms with Crippen molar-refractivity contribution in [2.24, 2.45) is 0 Å². The quantitative estimate of drug-likeness (QED) is 0.803. The minimum absolute atomic E-state index is 0.0580. The maximum atomic E-state index is 12.0. The van der Waals surface area contributed by atoms with E-state index in [9.17, 15) is 4.79 Å². The number of fused-ring (bicyclic) bond motifs is 1. The molecule has 0 saturated heterocycles. The lowest BCUT2D eigenvalue weighted by Gasteiger charge is -2.10. The van der Waals surface area contributed by atoms with E-state index in [0.717, 1.165) is 22.2 Å². The number of carbonyl (C=O) groups is 1. The SMILES string of the molecule is Cc1ccc([C@@H](C)NC(=O)Cc2cn3ccsc3n2)o1. The first-order valence-corrected chi connectivity index (χ1v) is 7.26. The van der Waals surface area contributed by atoms with Gasteiger partial charge in [0.2, 0.25) is 5.91 Å². The van der Waals surface area contributed by atoms with Crippen LogP contribution in [0.25, 0.3) is 4.96 Å². The molecule has 0 aromatic carbocycles. The second kappa shape index (κ2) is 5.13. The lowest BCUT2D eigenvalue weighted by atomic mass is 10.2. The second-order valence-corrected chi connectivity index (χ2v) is 5.61. The molecule has 3 aromatic heterocycles. The minimum Gasteiger partial charge on any atom is -0.464 e. The highest BCUT2D eigenvalue weighted by Gasteiger charge is 2.14. The third-order valence-corrected chi connectivity index (χ3v) is 3.82. The predicted octanol–water partition coefficient (Wildman–Crippen LogP) is 2.72. The molecular formula is C14H15N3O2S. The summed E-state index contributed by atoms with van der Waals surface area (Å²) < 4.78 is 7.42. The fourth-order valence-corrected chi connectivity index (χ4v) is 2.79. The van der Waals surface area contributed by atoms with Crippen molar-refractivity contribution < 1.29 is 9.21 Å². The summed E-state index contributed by atoms with van der Waals surface area (Å²) in [6.45, 7) is 3.79. The van der Waals surface area contributed by atoms with Crippen LogP contribution >= 0.6 is 11.3 Å². The van der Waals surface area contributed by atoms with Crippen LogP contribution in [0.3, 0.4) is 0 Å². The van der Waals surface area contributed by atoms with Gasteiger partial charge in [0.05, 0.1) is 18.2 Å². The third kappa shape index (κ3) is 2.60. The molecule has 0 fully saturated rings. The first-order valence-electron chi connectivity index (χ1n) is 6.38. The fraction of sp³-hybridized carbons (Fsp3) is 0.286. The van der Waals surface area contributed by atoms with Gasteiger partial charge in [-0.2, -0.15) is 0 Å². The summed E-state index contributed by atoms with van der Waals surface area (Å²) in [6.07, 6.45) is 4.09. The summed E-state index contributed by atoms with van der Waals surface area (Å²) in [4.78, 5) is 17.3. The Balaban J connectivity index is 1.63. The van der Waals surface area contributed by atoms with Gasteiger partial charge < -0.3 is 9.73 Å². The van der Waals surface area contributed by atoms with Crippen molar-refractivity contribution in [3.8, 4) is 0 Å². The molecule has 0 saturated carbocycles. The van der Waals surface area contributed by atoms with Crippen molar-refractivity contribution >= 4 is 22.2 Å². The van der Waals surface area contributed by atoms with Gasteiger partial charge in [-0.25, -0.2) is 4.98 Å². The number of carbonyl (C=O) groups excluding carboxylic acids is 1. The van der Waals surface area contributed by atoms with E-state index < -0.39 is 0 Å². The third-order valence-electron chi connectivity index (χ3n) is 3.05. The van der Waals surface area contributed by atoms with Gasteiger partial charge in [-0.15, -0.1) is 11.3 Å². The van der Waals surface area contributed by atoms with Gasteiger partial charge in [0.1, 0.15) is 11.5 Å². The lowest BCUT2D eigenvalue weighted by Crippen LogP contribution is -2.27. The number of aromatic nitrogens is 2. The van der Waals surface area contributed by atoms with Crippen molar-refractivity contribution in [2.45, 2.75) is 26.3 Å². The van der Waals surface area contributed by atoms with Gasteiger partial charge >= 0.3 is 0 Å². The van der Waals surface area contributed by atoms with E-state index in [0.29, 0.717) is 0 Å². The highest BCUT2D eigenvalue weighted by atomic mass is 32.1. The summed E-state index contributed by atoms with van der Waals surface area (Å²) in [5.41, 5.74) is 0.775. The van der Waals surface area contributed by atoms with Gasteiger partial charge in [0.25, 0.3) is 0 Å². The van der Waals surface area contributed by atoms with E-state index >= 15 is 0 Å². The van der Waals surface area contributed by atoms with Gasteiger partial charge in [-0.05, 0) is 26.0 Å². The van der Waals surface area contributed by atoms with Crippen molar-refractivity contribution in [3.63, 3.8) is 0 Å². The van der Waals surface area contributed by atoms with E-state index in [4.69, 9.17) is 4.42 Å². The molecule has 0 aliphatic heterocycles. The van der Waals surface area contributed by atoms with Gasteiger partial charge in [0, 0.05) is 17.8 Å². The Bertz CT molecular complexity index is 712. The number of hydrogen-bond acceptors (Lipinski definition) is 4. The van der Waals surface area contributed by atoms with Crippen LogP contribution in [-0.2, 0) is 11.2 Å². The van der Waals surface area contributed by atoms with Gasteiger partial charge in [0.15, 0.2) is 4.96 Å². The molecule has 5 nitrogen and oxygen atoms in total. The van der Waals surface area contributed by atoms with Crippen LogP contribution in [-0.4, -0.2) is 15.3 Å². The molecule has 1 amide bonds. The first-order chi connectivity index (χ1) is 9.61. The van der Waals surface area contributed by atoms with Crippen LogP contribution in [0.4, 0.5) is 0 Å². The molecule has 20 heavy (non-hydrogen) atoms. The second-order valence-electron chi connectivity index (χ2n) is 4.74. The van der Waals surface area contributed by atoms with Crippen LogP contribution in [0.2, 0.25) is 0 Å². The number of nitrogens with zero attached hydrogens (tertiary/aromatic N) is 2. The summed E-state index contributed by atoms with van der Waals surface area (Å²) >= 11 is 1.55. The van der Waals surface area contributed by atoms with Crippen LogP contribution in [0.1, 0.15) is 30.2 Å². The highest BCUT2D eigenvalue weighted by molar-refractivity contribution is 7.15. The molecule has 0 radical (unpaired) electrons. The number of rotatable bonds is 4. The van der Waals surface area contributed by atoms with Crippen LogP contribution in [0, 0.1) is 6.92 Å². The topological polar surface area (TPSA) is 59.5 Å². The van der Waals surface area contributed by atoms with E-state index in [2.05, 4.69) is 10.3 Å². The van der Waals surface area contributed by atoms with Crippen LogP contribution in [0.15, 0.2) is 34.3 Å². The van der Waals surface area contributed by atoms with E-state index in [-0.39, 0.29) is 18.4 Å². The summed E-state index contributed by atoms with van der Waals surface area (Å²) in [5.74, 6) is 1.55. The Kier molecular flexibility index (Phi) is 3.31. The zero-order valence-corrected chi connectivity index (χ0v) is 12.1. The zero-order valence-electron chi connectivity index (χ0n) is 11.3. The number of nitrogens with one attached hydrogen (secondary N) is 1. The standard InChI is InChI=1S/C14H15N3O2S/c1-9-3-4-12(19-9)10(2)15-13(18)7-11-8-17-5-6-20-14(17)16-11/h3-6,8,10H,7H2,1-2H3,(H,15,18)/t10-/m1/s1. The number of amides is 1. The molecule has 3 aromatic rings. The largest absolute Gasteiger partial charge is 0.464 e. The lowest BCUT2D eigenvalue weighted by molar-refractivity contribution is -0.121. The Morgan fingerprint density at radius 2 is 2.40 bits per heavy atom. The van der Waals surface area contributed by atoms with E-state index in [1.807, 2.05) is 48.2 Å². The summed E-state index contributed by atoms with van der Waals surface area (Å²) in [5, 5.41) is 4.88. The summed E-state index contributed by atoms with van der Waals surface area (Å²) in [6, 6.07) is 3.63. The zero-order chi connectivity index (χ0) is 14.1. The molecule has 1 N–H and O–H groups in total. The molecule has 1 atom stereocenters. The Labute approximate surface area is 120 Å². The average molecular weight is 289 g/mol. The Morgan fingerprint density at radius 3 is 3.10 bits per heavy atom. The van der Waals surface area contributed by atoms with Crippen molar-refractivity contribution in [2.75, 3.05) is 0 Å². The molecule has 3 heterocycles. The maximum Gasteiger partial charge on any atom is 0.226 e. The smallest absolute Gasteiger partial charge is 0.226 e. The number of furan rings is 1. The first kappa shape index (κ1) is 12.9. The molecule has 0 bridgehead atoms. The number of thiazole rings is 1. The van der Waals surface area contributed by atoms with E-state index in [1.54, 1.807) is 11.3 Å². The van der Waals surface area contributed by atoms with Crippen molar-refractivity contribution in [1.29, 1.82) is 0 Å². The normalized spacial score (nSPS) is 12.7. The van der Waals surface area contributed by atoms with Crippen molar-refractivity contribution in [3.05, 3.63) is 47.1 Å². The summed E-state index contributed by atoms with van der Waals surface area (Å²) in [7, 11) is 0. The molecule has 0 unspecified atom stereocenters. The highest BCUT2D eigenvalue weighted by Crippen LogP contribution is 2.16. The van der Waals surface area contributed by atoms with Crippen LogP contribution in [0.5, 0.6) is 0 Å². The Hall–Kier alpha value is -2.08. The number of aryl methyl sites for hydroxylation is 1. The minimum atomic E-state index is -0.139. The Morgan fingerprint density at radius 1 is 1.55 bits per heavy atom. The number of imidazole rings is 1. The van der Waals surface area contributed by atoms with Crippen molar-refractivity contribution in [1.82, 2.24) is 14.7 Å². The molecule has 3 rings (SSSR count). The molecule has 0 aliphatic rings. The van der Waals surface area contributed by atoms with Crippen LogP contribution < -0.4 is 5.32 Å².